The van der Waals surface area contributed by atoms with Crippen molar-refractivity contribution < 1.29 is 19.2 Å². The highest BCUT2D eigenvalue weighted by atomic mass is 16.5. The molecule has 7 heteroatoms. The van der Waals surface area contributed by atoms with Gasteiger partial charge < -0.3 is 14.4 Å². The largest absolute Gasteiger partial charge is 0.486 e. The van der Waals surface area contributed by atoms with Crippen LogP contribution in [0.25, 0.3) is 0 Å². The standard InChI is InChI=1S/C12H13N3O4/c13-14-12(17)11-5-10(19-15-11)7-18-9-3-1-2-8(4-9)6-16/h1-5,16H,6-7,13H2,(H,14,17). The Kier molecular flexibility index (Phi) is 4.11. The minimum absolute atomic E-state index is 0.0552. The molecule has 100 valence electrons. The van der Waals surface area contributed by atoms with Gasteiger partial charge in [-0.2, -0.15) is 0 Å². The first-order chi connectivity index (χ1) is 9.22. The van der Waals surface area contributed by atoms with Crippen molar-refractivity contribution in [2.24, 2.45) is 5.84 Å². The van der Waals surface area contributed by atoms with Crippen LogP contribution in [0, 0.1) is 0 Å². The van der Waals surface area contributed by atoms with Gasteiger partial charge in [0.05, 0.1) is 6.61 Å². The molecule has 0 aliphatic heterocycles. The summed E-state index contributed by atoms with van der Waals surface area (Å²) < 4.78 is 10.4. The van der Waals surface area contributed by atoms with E-state index >= 15 is 0 Å². The maximum absolute atomic E-state index is 11.2. The van der Waals surface area contributed by atoms with Crippen molar-refractivity contribution in [3.05, 3.63) is 47.3 Å². The lowest BCUT2D eigenvalue weighted by Crippen LogP contribution is -2.30. The number of nitrogen functional groups attached to an aromatic ring is 1. The zero-order valence-electron chi connectivity index (χ0n) is 10.00. The SMILES string of the molecule is NNC(=O)c1cc(COc2cccc(CO)c2)on1. The van der Waals surface area contributed by atoms with Crippen molar-refractivity contribution in [1.29, 1.82) is 0 Å². The zero-order valence-corrected chi connectivity index (χ0v) is 10.00. The number of benzene rings is 1. The average molecular weight is 263 g/mol. The Morgan fingerprint density at radius 1 is 1.47 bits per heavy atom. The van der Waals surface area contributed by atoms with Gasteiger partial charge in [0.1, 0.15) is 12.4 Å². The van der Waals surface area contributed by atoms with Crippen LogP contribution in [0.4, 0.5) is 0 Å². The van der Waals surface area contributed by atoms with Crippen LogP contribution in [0.5, 0.6) is 5.75 Å². The van der Waals surface area contributed by atoms with E-state index in [2.05, 4.69) is 5.16 Å². The lowest BCUT2D eigenvalue weighted by molar-refractivity contribution is 0.0944. The van der Waals surface area contributed by atoms with Gasteiger partial charge in [-0.25, -0.2) is 5.84 Å². The number of nitrogens with two attached hydrogens (primary N) is 1. The second kappa shape index (κ2) is 5.98. The Bertz CT molecular complexity index is 568. The second-order valence-corrected chi connectivity index (χ2v) is 3.75. The molecule has 0 saturated carbocycles. The maximum Gasteiger partial charge on any atom is 0.287 e. The predicted octanol–water partition coefficient (Wildman–Crippen LogP) is 0.349. The molecule has 2 aromatic rings. The molecule has 1 aromatic carbocycles. The summed E-state index contributed by atoms with van der Waals surface area (Å²) >= 11 is 0. The van der Waals surface area contributed by atoms with Gasteiger partial charge in [0.25, 0.3) is 5.91 Å². The van der Waals surface area contributed by atoms with E-state index in [1.807, 2.05) is 5.43 Å². The summed E-state index contributed by atoms with van der Waals surface area (Å²) in [6.45, 7) is 0.0695. The van der Waals surface area contributed by atoms with Gasteiger partial charge >= 0.3 is 0 Å². The third-order valence-electron chi connectivity index (χ3n) is 2.38. The molecular formula is C12H13N3O4. The molecule has 7 nitrogen and oxygen atoms in total. The quantitative estimate of drug-likeness (QED) is 0.408. The molecule has 0 atom stereocenters. The van der Waals surface area contributed by atoms with Crippen molar-refractivity contribution in [1.82, 2.24) is 10.6 Å². The minimum atomic E-state index is -0.530. The van der Waals surface area contributed by atoms with Crippen LogP contribution in [0.1, 0.15) is 21.8 Å². The van der Waals surface area contributed by atoms with E-state index in [4.69, 9.17) is 20.2 Å². The smallest absolute Gasteiger partial charge is 0.287 e. The third-order valence-corrected chi connectivity index (χ3v) is 2.38. The summed E-state index contributed by atoms with van der Waals surface area (Å²) in [7, 11) is 0. The fraction of sp³-hybridized carbons (Fsp3) is 0.167. The summed E-state index contributed by atoms with van der Waals surface area (Å²) in [6.07, 6.45) is 0. The van der Waals surface area contributed by atoms with Crippen molar-refractivity contribution in [3.8, 4) is 5.75 Å². The van der Waals surface area contributed by atoms with Gasteiger partial charge in [0, 0.05) is 6.07 Å². The maximum atomic E-state index is 11.2. The molecule has 4 N–H and O–H groups in total. The molecule has 0 bridgehead atoms. The topological polar surface area (TPSA) is 111 Å². The molecule has 0 fully saturated rings. The molecule has 2 rings (SSSR count). The average Bonchev–Trinajstić information content (AvgIpc) is 2.93. The second-order valence-electron chi connectivity index (χ2n) is 3.75. The number of nitrogens with zero attached hydrogens (tertiary/aromatic N) is 1. The number of hydrogen-bond donors (Lipinski definition) is 3. The van der Waals surface area contributed by atoms with Gasteiger partial charge in [-0.15, -0.1) is 0 Å². The highest BCUT2D eigenvalue weighted by molar-refractivity contribution is 5.91. The monoisotopic (exact) mass is 263 g/mol. The number of aromatic nitrogens is 1. The number of nitrogens with one attached hydrogen (secondary N) is 1. The summed E-state index contributed by atoms with van der Waals surface area (Å²) in [5, 5.41) is 12.5. The number of hydrazine groups is 1. The van der Waals surface area contributed by atoms with Crippen LogP contribution in [-0.4, -0.2) is 16.2 Å². The number of aliphatic hydroxyl groups excluding tert-OH is 1. The Balaban J connectivity index is 1.98. The summed E-state index contributed by atoms with van der Waals surface area (Å²) in [4.78, 5) is 11.2. The highest BCUT2D eigenvalue weighted by Gasteiger charge is 2.11. The van der Waals surface area contributed by atoms with Crippen molar-refractivity contribution >= 4 is 5.91 Å². The van der Waals surface area contributed by atoms with Crippen molar-refractivity contribution in [3.63, 3.8) is 0 Å². The molecule has 1 heterocycles. The first kappa shape index (κ1) is 13.1. The Morgan fingerprint density at radius 2 is 2.32 bits per heavy atom. The fourth-order valence-corrected chi connectivity index (χ4v) is 1.45. The van der Waals surface area contributed by atoms with Crippen LogP contribution >= 0.6 is 0 Å². The first-order valence-corrected chi connectivity index (χ1v) is 5.52. The Labute approximate surface area is 108 Å². The summed E-state index contributed by atoms with van der Waals surface area (Å²) in [6, 6.07) is 8.46. The van der Waals surface area contributed by atoms with Gasteiger partial charge in [-0.1, -0.05) is 17.3 Å². The van der Waals surface area contributed by atoms with E-state index in [0.717, 1.165) is 5.56 Å². The van der Waals surface area contributed by atoms with E-state index in [1.54, 1.807) is 24.3 Å². The van der Waals surface area contributed by atoms with Gasteiger partial charge in [0.15, 0.2) is 11.5 Å². The molecule has 19 heavy (non-hydrogen) atoms. The number of hydrogen-bond acceptors (Lipinski definition) is 6. The molecular weight excluding hydrogens is 250 g/mol. The van der Waals surface area contributed by atoms with E-state index in [0.29, 0.717) is 11.5 Å². The third kappa shape index (κ3) is 3.30. The van der Waals surface area contributed by atoms with E-state index in [-0.39, 0.29) is 18.9 Å². The Hall–Kier alpha value is -2.38. The van der Waals surface area contributed by atoms with Crippen molar-refractivity contribution in [2.45, 2.75) is 13.2 Å². The van der Waals surface area contributed by atoms with Gasteiger partial charge in [0.2, 0.25) is 0 Å². The number of carbonyl (C=O) groups excluding carboxylic acids is 1. The van der Waals surface area contributed by atoms with E-state index in [9.17, 15) is 4.79 Å². The molecule has 0 spiro atoms. The number of ether oxygens (including phenoxy) is 1. The van der Waals surface area contributed by atoms with Crippen molar-refractivity contribution in [2.75, 3.05) is 0 Å². The van der Waals surface area contributed by atoms with Crippen LogP contribution in [0.15, 0.2) is 34.9 Å². The predicted molar refractivity (Wildman–Crippen MR) is 64.9 cm³/mol. The number of aliphatic hydroxyl groups is 1. The summed E-state index contributed by atoms with van der Waals surface area (Å²) in [5.74, 6) is 5.43. The minimum Gasteiger partial charge on any atom is -0.486 e. The lowest BCUT2D eigenvalue weighted by Gasteiger charge is -2.04. The van der Waals surface area contributed by atoms with Crippen LogP contribution in [0.2, 0.25) is 0 Å². The van der Waals surface area contributed by atoms with Crippen LogP contribution in [0.3, 0.4) is 0 Å². The van der Waals surface area contributed by atoms with Gasteiger partial charge in [-0.3, -0.25) is 10.2 Å². The van der Waals surface area contributed by atoms with E-state index < -0.39 is 5.91 Å². The molecule has 0 radical (unpaired) electrons. The molecule has 0 saturated heterocycles. The first-order valence-electron chi connectivity index (χ1n) is 5.52. The number of carbonyl (C=O) groups is 1. The van der Waals surface area contributed by atoms with Gasteiger partial charge in [-0.05, 0) is 17.7 Å². The number of amides is 1. The fourth-order valence-electron chi connectivity index (χ4n) is 1.45. The molecule has 0 unspecified atom stereocenters. The van der Waals surface area contributed by atoms with E-state index in [1.165, 1.54) is 6.07 Å². The summed E-state index contributed by atoms with van der Waals surface area (Å²) in [5.41, 5.74) is 2.79. The molecule has 0 aliphatic rings. The number of rotatable bonds is 5. The normalized spacial score (nSPS) is 10.2. The highest BCUT2D eigenvalue weighted by Crippen LogP contribution is 2.15. The zero-order chi connectivity index (χ0) is 13.7. The lowest BCUT2D eigenvalue weighted by atomic mass is 10.2. The molecule has 1 aromatic heterocycles. The van der Waals surface area contributed by atoms with Crippen LogP contribution < -0.4 is 16.0 Å². The molecule has 1 amide bonds. The van der Waals surface area contributed by atoms with Crippen LogP contribution in [-0.2, 0) is 13.2 Å². The molecule has 0 aliphatic carbocycles. The Morgan fingerprint density at radius 3 is 3.05 bits per heavy atom.